The highest BCUT2D eigenvalue weighted by molar-refractivity contribution is 5.85. The molecule has 6 nitrogen and oxygen atoms in total. The van der Waals surface area contributed by atoms with E-state index in [-0.39, 0.29) is 0 Å². The van der Waals surface area contributed by atoms with E-state index in [4.69, 9.17) is 18.9 Å². The van der Waals surface area contributed by atoms with Crippen LogP contribution in [0.5, 0.6) is 23.0 Å². The number of nitrogens with one attached hydrogen (secondary N) is 2. The van der Waals surface area contributed by atoms with Crippen molar-refractivity contribution in [3.8, 4) is 23.0 Å². The molecule has 4 rings (SSSR count). The third-order valence-electron chi connectivity index (χ3n) is 5.80. The molecule has 0 aliphatic carbocycles. The van der Waals surface area contributed by atoms with Crippen LogP contribution in [0.4, 0.5) is 11.4 Å². The van der Waals surface area contributed by atoms with E-state index in [2.05, 4.69) is 34.9 Å². The molecule has 0 aromatic heterocycles. The fourth-order valence-electron chi connectivity index (χ4n) is 3.79. The molecule has 0 fully saturated rings. The van der Waals surface area contributed by atoms with Crippen LogP contribution < -0.4 is 29.6 Å². The minimum atomic E-state index is 0.653. The van der Waals surface area contributed by atoms with E-state index in [9.17, 15) is 0 Å². The Balaban J connectivity index is 1.15. The number of anilines is 2. The second-order valence-electron chi connectivity index (χ2n) is 8.39. The van der Waals surface area contributed by atoms with E-state index in [1.54, 1.807) is 14.2 Å². The van der Waals surface area contributed by atoms with Gasteiger partial charge in [0.25, 0.3) is 0 Å². The quantitative estimate of drug-likeness (QED) is 0.195. The molecule has 4 aromatic rings. The Morgan fingerprint density at radius 3 is 1.28 bits per heavy atom. The average molecular weight is 487 g/mol. The Morgan fingerprint density at radius 1 is 0.500 bits per heavy atom. The van der Waals surface area contributed by atoms with Gasteiger partial charge in [0.1, 0.15) is 23.0 Å². The van der Waals surface area contributed by atoms with E-state index < -0.39 is 0 Å². The lowest BCUT2D eigenvalue weighted by molar-refractivity contribution is 0.314. The van der Waals surface area contributed by atoms with Gasteiger partial charge in [-0.25, -0.2) is 0 Å². The van der Waals surface area contributed by atoms with E-state index in [0.717, 1.165) is 71.1 Å². The molecule has 0 bridgehead atoms. The summed E-state index contributed by atoms with van der Waals surface area (Å²) in [6, 6.07) is 28.2. The van der Waals surface area contributed by atoms with Crippen LogP contribution in [0.15, 0.2) is 84.9 Å². The van der Waals surface area contributed by atoms with Crippen molar-refractivity contribution in [3.05, 3.63) is 84.9 Å². The predicted octanol–water partition coefficient (Wildman–Crippen LogP) is 6.62. The summed E-state index contributed by atoms with van der Waals surface area (Å²) in [5, 5.41) is 9.07. The van der Waals surface area contributed by atoms with Gasteiger partial charge in [0, 0.05) is 24.5 Å². The van der Waals surface area contributed by atoms with Gasteiger partial charge in [-0.2, -0.15) is 0 Å². The molecule has 0 amide bonds. The summed E-state index contributed by atoms with van der Waals surface area (Å²) in [4.78, 5) is 0. The molecule has 0 aliphatic rings. The van der Waals surface area contributed by atoms with Gasteiger partial charge in [-0.05, 0) is 96.4 Å². The summed E-state index contributed by atoms with van der Waals surface area (Å²) in [6.45, 7) is 2.99. The Hall–Kier alpha value is -4.06. The summed E-state index contributed by atoms with van der Waals surface area (Å²) in [7, 11) is 3.34. The predicted molar refractivity (Wildman–Crippen MR) is 147 cm³/mol. The normalized spacial score (nSPS) is 10.6. The van der Waals surface area contributed by atoms with Crippen molar-refractivity contribution in [2.45, 2.75) is 12.8 Å². The van der Waals surface area contributed by atoms with Crippen LogP contribution in [0.1, 0.15) is 12.8 Å². The molecular weight excluding hydrogens is 452 g/mol. The molecule has 0 radical (unpaired) electrons. The van der Waals surface area contributed by atoms with Gasteiger partial charge in [0.05, 0.1) is 27.4 Å². The molecular formula is C30H34N2O4. The number of fused-ring (bicyclic) bond motifs is 1. The monoisotopic (exact) mass is 486 g/mol. The van der Waals surface area contributed by atoms with E-state index >= 15 is 0 Å². The number of ether oxygens (including phenoxy) is 4. The third kappa shape index (κ3) is 7.47. The maximum atomic E-state index is 5.95. The summed E-state index contributed by atoms with van der Waals surface area (Å²) in [5.41, 5.74) is 2.15. The molecule has 0 aliphatic heterocycles. The van der Waals surface area contributed by atoms with Crippen LogP contribution in [0.25, 0.3) is 10.8 Å². The molecule has 2 N–H and O–H groups in total. The Labute approximate surface area is 213 Å². The Bertz CT molecular complexity index is 1110. The van der Waals surface area contributed by atoms with E-state index in [1.807, 2.05) is 60.7 Å². The van der Waals surface area contributed by atoms with E-state index in [0.29, 0.717) is 13.2 Å². The molecule has 0 saturated heterocycles. The summed E-state index contributed by atoms with van der Waals surface area (Å²) in [5.74, 6) is 3.48. The van der Waals surface area contributed by atoms with Gasteiger partial charge in [-0.15, -0.1) is 0 Å². The van der Waals surface area contributed by atoms with Crippen LogP contribution >= 0.6 is 0 Å². The fraction of sp³-hybridized carbons (Fsp3) is 0.267. The highest BCUT2D eigenvalue weighted by atomic mass is 16.5. The van der Waals surface area contributed by atoms with Crippen molar-refractivity contribution in [1.29, 1.82) is 0 Å². The minimum Gasteiger partial charge on any atom is -0.497 e. The first kappa shape index (κ1) is 25.0. The first-order chi connectivity index (χ1) is 17.7. The lowest BCUT2D eigenvalue weighted by Gasteiger charge is -2.11. The van der Waals surface area contributed by atoms with Gasteiger partial charge in [0.15, 0.2) is 0 Å². The fourth-order valence-corrected chi connectivity index (χ4v) is 3.79. The number of benzene rings is 4. The number of hydrogen-bond acceptors (Lipinski definition) is 6. The maximum Gasteiger partial charge on any atom is 0.119 e. The number of rotatable bonds is 14. The van der Waals surface area contributed by atoms with Crippen molar-refractivity contribution in [2.75, 3.05) is 51.2 Å². The Kier molecular flexibility index (Phi) is 9.14. The molecule has 0 atom stereocenters. The minimum absolute atomic E-state index is 0.653. The summed E-state index contributed by atoms with van der Waals surface area (Å²) >= 11 is 0. The molecule has 0 spiro atoms. The lowest BCUT2D eigenvalue weighted by Crippen LogP contribution is -2.07. The van der Waals surface area contributed by atoms with Crippen LogP contribution in [-0.2, 0) is 0 Å². The van der Waals surface area contributed by atoms with Gasteiger partial charge in [0.2, 0.25) is 0 Å². The first-order valence-electron chi connectivity index (χ1n) is 12.3. The zero-order chi connectivity index (χ0) is 25.0. The molecule has 0 unspecified atom stereocenters. The topological polar surface area (TPSA) is 61.0 Å². The largest absolute Gasteiger partial charge is 0.497 e. The standard InChI is InChI=1S/C30H34N2O4/c1-33-27-13-7-25(8-14-27)31-17-3-19-35-29-11-5-24-22-30(12-6-23(24)21-29)36-20-4-18-32-26-9-15-28(34-2)16-10-26/h5-16,21-22,31-32H,3-4,17-20H2,1-2H3. The van der Waals surface area contributed by atoms with Gasteiger partial charge in [-0.1, -0.05) is 12.1 Å². The zero-order valence-electron chi connectivity index (χ0n) is 21.0. The summed E-state index contributed by atoms with van der Waals surface area (Å²) < 4.78 is 22.3. The van der Waals surface area contributed by atoms with Crippen LogP contribution in [0.2, 0.25) is 0 Å². The first-order valence-corrected chi connectivity index (χ1v) is 12.3. The van der Waals surface area contributed by atoms with Gasteiger partial charge in [-0.3, -0.25) is 0 Å². The average Bonchev–Trinajstić information content (AvgIpc) is 2.93. The highest BCUT2D eigenvalue weighted by Gasteiger charge is 2.02. The second-order valence-corrected chi connectivity index (χ2v) is 8.39. The number of hydrogen-bond donors (Lipinski definition) is 2. The smallest absolute Gasteiger partial charge is 0.119 e. The van der Waals surface area contributed by atoms with Crippen LogP contribution in [0, 0.1) is 0 Å². The van der Waals surface area contributed by atoms with Crippen molar-refractivity contribution < 1.29 is 18.9 Å². The van der Waals surface area contributed by atoms with Gasteiger partial charge < -0.3 is 29.6 Å². The lowest BCUT2D eigenvalue weighted by atomic mass is 10.1. The third-order valence-corrected chi connectivity index (χ3v) is 5.80. The van der Waals surface area contributed by atoms with Gasteiger partial charge >= 0.3 is 0 Å². The van der Waals surface area contributed by atoms with Crippen molar-refractivity contribution in [3.63, 3.8) is 0 Å². The second kappa shape index (κ2) is 13.1. The van der Waals surface area contributed by atoms with E-state index in [1.165, 1.54) is 0 Å². The molecule has 0 saturated carbocycles. The highest BCUT2D eigenvalue weighted by Crippen LogP contribution is 2.25. The maximum absolute atomic E-state index is 5.95. The molecule has 6 heteroatoms. The van der Waals surface area contributed by atoms with Crippen molar-refractivity contribution >= 4 is 22.1 Å². The molecule has 36 heavy (non-hydrogen) atoms. The molecule has 188 valence electrons. The number of methoxy groups -OCH3 is 2. The molecule has 0 heterocycles. The SMILES string of the molecule is COc1ccc(NCCCOc2ccc3cc(OCCCNc4ccc(OC)cc4)ccc3c2)cc1. The van der Waals surface area contributed by atoms with Crippen LogP contribution in [-0.4, -0.2) is 40.5 Å². The van der Waals surface area contributed by atoms with Crippen molar-refractivity contribution in [2.24, 2.45) is 0 Å². The summed E-state index contributed by atoms with van der Waals surface area (Å²) in [6.07, 6.45) is 1.81. The molecule has 4 aromatic carbocycles. The van der Waals surface area contributed by atoms with Crippen LogP contribution in [0.3, 0.4) is 0 Å². The Morgan fingerprint density at radius 2 is 0.889 bits per heavy atom. The zero-order valence-corrected chi connectivity index (χ0v) is 21.0. The van der Waals surface area contributed by atoms with Crippen molar-refractivity contribution in [1.82, 2.24) is 0 Å².